The molecule has 0 spiro atoms. The van der Waals surface area contributed by atoms with E-state index in [-0.39, 0.29) is 5.82 Å². The molecular weight excluding hydrogens is 311 g/mol. The molecule has 6 nitrogen and oxygen atoms in total. The number of β-amino-alcohol motifs (C(OH)–C–C–N with tert-alkyl or cyclic N) is 1. The molecule has 1 fully saturated rings. The van der Waals surface area contributed by atoms with E-state index in [0.717, 1.165) is 32.0 Å². The number of aliphatic hydroxyl groups excluding tert-OH is 1. The Bertz CT molecular complexity index is 677. The number of halogens is 1. The lowest BCUT2D eigenvalue weighted by atomic mass is 10.1. The molecule has 0 saturated carbocycles. The number of hydrogen-bond donors (Lipinski definition) is 1. The highest BCUT2D eigenvalue weighted by Crippen LogP contribution is 2.19. The van der Waals surface area contributed by atoms with Crippen molar-refractivity contribution in [3.05, 3.63) is 48.0 Å². The van der Waals surface area contributed by atoms with Crippen molar-refractivity contribution in [2.45, 2.75) is 6.10 Å². The van der Waals surface area contributed by atoms with Crippen LogP contribution < -0.4 is 9.64 Å². The molecule has 0 aliphatic carbocycles. The normalized spacial score (nSPS) is 16.9. The standard InChI is InChI=1S/C17H21FN4O2/c1-24-17-11-19-10-16(20-17)22-7-5-21(6-8-22)12-15(23)13-3-2-4-14(18)9-13/h2-4,9-11,15,23H,5-8,12H2,1H3/t15-/m1/s1. The summed E-state index contributed by atoms with van der Waals surface area (Å²) in [5.74, 6) is 0.962. The van der Waals surface area contributed by atoms with Gasteiger partial charge >= 0.3 is 0 Å². The highest BCUT2D eigenvalue weighted by molar-refractivity contribution is 5.38. The summed E-state index contributed by atoms with van der Waals surface area (Å²) in [6.07, 6.45) is 2.61. The number of nitrogens with zero attached hydrogens (tertiary/aromatic N) is 4. The van der Waals surface area contributed by atoms with Crippen LogP contribution in [0.3, 0.4) is 0 Å². The van der Waals surface area contributed by atoms with Crippen LogP contribution in [-0.2, 0) is 0 Å². The summed E-state index contributed by atoms with van der Waals surface area (Å²) in [4.78, 5) is 12.8. The summed E-state index contributed by atoms with van der Waals surface area (Å²) in [6, 6.07) is 6.13. The molecule has 1 N–H and O–H groups in total. The molecule has 0 amide bonds. The molecule has 7 heteroatoms. The Morgan fingerprint density at radius 2 is 2.04 bits per heavy atom. The van der Waals surface area contributed by atoms with Gasteiger partial charge in [-0.15, -0.1) is 0 Å². The fourth-order valence-electron chi connectivity index (χ4n) is 2.81. The molecule has 2 aromatic rings. The van der Waals surface area contributed by atoms with Gasteiger partial charge in [0.25, 0.3) is 0 Å². The number of aromatic nitrogens is 2. The number of aliphatic hydroxyl groups is 1. The fourth-order valence-corrected chi connectivity index (χ4v) is 2.81. The molecule has 0 unspecified atom stereocenters. The zero-order valence-corrected chi connectivity index (χ0v) is 13.6. The molecule has 1 saturated heterocycles. The van der Waals surface area contributed by atoms with E-state index in [1.54, 1.807) is 31.6 Å². The van der Waals surface area contributed by atoms with Gasteiger partial charge in [0.15, 0.2) is 5.82 Å². The summed E-state index contributed by atoms with van der Waals surface area (Å²) < 4.78 is 18.4. The zero-order chi connectivity index (χ0) is 16.9. The van der Waals surface area contributed by atoms with Crippen molar-refractivity contribution in [2.24, 2.45) is 0 Å². The summed E-state index contributed by atoms with van der Waals surface area (Å²) in [6.45, 7) is 3.66. The molecule has 1 atom stereocenters. The minimum atomic E-state index is -0.691. The van der Waals surface area contributed by atoms with Gasteiger partial charge in [-0.05, 0) is 17.7 Å². The monoisotopic (exact) mass is 332 g/mol. The SMILES string of the molecule is COc1cncc(N2CCN(C[C@@H](O)c3cccc(F)c3)CC2)n1. The first-order valence-corrected chi connectivity index (χ1v) is 7.92. The van der Waals surface area contributed by atoms with Crippen molar-refractivity contribution < 1.29 is 14.2 Å². The van der Waals surface area contributed by atoms with Crippen LogP contribution in [0, 0.1) is 5.82 Å². The van der Waals surface area contributed by atoms with Crippen molar-refractivity contribution in [3.63, 3.8) is 0 Å². The quantitative estimate of drug-likeness (QED) is 0.895. The van der Waals surface area contributed by atoms with Crippen LogP contribution in [0.15, 0.2) is 36.7 Å². The van der Waals surface area contributed by atoms with Gasteiger partial charge < -0.3 is 14.7 Å². The molecule has 24 heavy (non-hydrogen) atoms. The minimum Gasteiger partial charge on any atom is -0.480 e. The molecule has 128 valence electrons. The van der Waals surface area contributed by atoms with Crippen molar-refractivity contribution in [1.82, 2.24) is 14.9 Å². The summed E-state index contributed by atoms with van der Waals surface area (Å²) >= 11 is 0. The lowest BCUT2D eigenvalue weighted by Crippen LogP contribution is -2.47. The largest absolute Gasteiger partial charge is 0.480 e. The maximum absolute atomic E-state index is 13.3. The Morgan fingerprint density at radius 1 is 1.25 bits per heavy atom. The van der Waals surface area contributed by atoms with E-state index in [4.69, 9.17) is 4.74 Å². The first-order valence-electron chi connectivity index (χ1n) is 7.92. The van der Waals surface area contributed by atoms with Gasteiger partial charge in [0.05, 0.1) is 25.6 Å². The smallest absolute Gasteiger partial charge is 0.233 e. The first-order chi connectivity index (χ1) is 11.7. The second-order valence-electron chi connectivity index (χ2n) is 5.78. The van der Waals surface area contributed by atoms with Crippen molar-refractivity contribution in [2.75, 3.05) is 44.7 Å². The Hall–Kier alpha value is -2.25. The number of benzene rings is 1. The second kappa shape index (κ2) is 7.55. The predicted molar refractivity (Wildman–Crippen MR) is 88.6 cm³/mol. The van der Waals surface area contributed by atoms with E-state index in [2.05, 4.69) is 19.8 Å². The van der Waals surface area contributed by atoms with Gasteiger partial charge in [0, 0.05) is 32.7 Å². The van der Waals surface area contributed by atoms with Crippen molar-refractivity contribution in [1.29, 1.82) is 0 Å². The maximum atomic E-state index is 13.3. The Balaban J connectivity index is 1.55. The third-order valence-corrected chi connectivity index (χ3v) is 4.17. The number of piperazine rings is 1. The van der Waals surface area contributed by atoms with Crippen LogP contribution in [0.4, 0.5) is 10.2 Å². The maximum Gasteiger partial charge on any atom is 0.233 e. The van der Waals surface area contributed by atoms with Crippen LogP contribution in [0.25, 0.3) is 0 Å². The first kappa shape index (κ1) is 16.6. The lowest BCUT2D eigenvalue weighted by molar-refractivity contribution is 0.109. The number of anilines is 1. The molecule has 2 heterocycles. The van der Waals surface area contributed by atoms with Crippen molar-refractivity contribution >= 4 is 5.82 Å². The zero-order valence-electron chi connectivity index (χ0n) is 13.6. The Labute approximate surface area is 140 Å². The number of methoxy groups -OCH3 is 1. The summed E-state index contributed by atoms with van der Waals surface area (Å²) in [5.41, 5.74) is 0.607. The van der Waals surface area contributed by atoms with E-state index in [1.807, 2.05) is 0 Å². The molecule has 1 aromatic carbocycles. The van der Waals surface area contributed by atoms with Gasteiger partial charge in [-0.3, -0.25) is 9.88 Å². The molecule has 0 bridgehead atoms. The van der Waals surface area contributed by atoms with E-state index in [1.165, 1.54) is 12.1 Å². The van der Waals surface area contributed by atoms with Gasteiger partial charge in [0.2, 0.25) is 5.88 Å². The molecular formula is C17H21FN4O2. The van der Waals surface area contributed by atoms with Gasteiger partial charge in [0.1, 0.15) is 5.82 Å². The molecule has 3 rings (SSSR count). The lowest BCUT2D eigenvalue weighted by Gasteiger charge is -2.36. The van der Waals surface area contributed by atoms with Gasteiger partial charge in [-0.25, -0.2) is 4.39 Å². The van der Waals surface area contributed by atoms with Crippen LogP contribution >= 0.6 is 0 Å². The third kappa shape index (κ3) is 3.98. The van der Waals surface area contributed by atoms with Crippen LogP contribution in [0.5, 0.6) is 5.88 Å². The Kier molecular flexibility index (Phi) is 5.22. The summed E-state index contributed by atoms with van der Waals surface area (Å²) in [7, 11) is 1.57. The summed E-state index contributed by atoms with van der Waals surface area (Å²) in [5, 5.41) is 10.3. The topological polar surface area (TPSA) is 61.7 Å². The highest BCUT2D eigenvalue weighted by atomic mass is 19.1. The highest BCUT2D eigenvalue weighted by Gasteiger charge is 2.21. The number of ether oxygens (including phenoxy) is 1. The molecule has 1 aliphatic rings. The van der Waals surface area contributed by atoms with E-state index < -0.39 is 6.10 Å². The average molecular weight is 332 g/mol. The van der Waals surface area contributed by atoms with Crippen molar-refractivity contribution in [3.8, 4) is 5.88 Å². The van der Waals surface area contributed by atoms with Gasteiger partial charge in [-0.2, -0.15) is 4.98 Å². The van der Waals surface area contributed by atoms with Crippen LogP contribution in [0.2, 0.25) is 0 Å². The second-order valence-corrected chi connectivity index (χ2v) is 5.78. The fraction of sp³-hybridized carbons (Fsp3) is 0.412. The van der Waals surface area contributed by atoms with Crippen LogP contribution in [0.1, 0.15) is 11.7 Å². The Morgan fingerprint density at radius 3 is 2.75 bits per heavy atom. The third-order valence-electron chi connectivity index (χ3n) is 4.17. The number of rotatable bonds is 5. The number of hydrogen-bond acceptors (Lipinski definition) is 6. The molecule has 1 aliphatic heterocycles. The van der Waals surface area contributed by atoms with Crippen LogP contribution in [-0.4, -0.2) is 59.8 Å². The predicted octanol–water partition coefficient (Wildman–Crippen LogP) is 1.48. The molecule has 0 radical (unpaired) electrons. The molecule has 1 aromatic heterocycles. The van der Waals surface area contributed by atoms with E-state index in [0.29, 0.717) is 18.0 Å². The average Bonchev–Trinajstić information content (AvgIpc) is 2.62. The minimum absolute atomic E-state index is 0.326. The van der Waals surface area contributed by atoms with E-state index in [9.17, 15) is 9.50 Å². The van der Waals surface area contributed by atoms with Gasteiger partial charge in [-0.1, -0.05) is 12.1 Å². The van der Waals surface area contributed by atoms with E-state index >= 15 is 0 Å².